The molecule has 0 aliphatic heterocycles. The molecule has 6 heteroatoms. The van der Waals surface area contributed by atoms with E-state index in [0.29, 0.717) is 10.2 Å². The molecule has 0 saturated heterocycles. The minimum absolute atomic E-state index is 0.105. The second-order valence-electron chi connectivity index (χ2n) is 3.61. The number of aliphatic hydroxyl groups excluding tert-OH is 1. The van der Waals surface area contributed by atoms with Gasteiger partial charge in [0.2, 0.25) is 0 Å². The smallest absolute Gasteiger partial charge is 0.159 e. The van der Waals surface area contributed by atoms with E-state index in [0.717, 1.165) is 16.3 Å². The molecular formula is C11H12ClN3OS. The number of hydrogen-bond acceptors (Lipinski definition) is 5. The Balaban J connectivity index is 2.44. The van der Waals surface area contributed by atoms with Crippen LogP contribution in [0.25, 0.3) is 10.6 Å². The number of aromatic nitrogens is 2. The number of nitrogens with two attached hydrogens (primary N) is 1. The molecule has 4 nitrogen and oxygen atoms in total. The van der Waals surface area contributed by atoms with Crippen molar-refractivity contribution >= 4 is 22.9 Å². The molecule has 2 heterocycles. The minimum atomic E-state index is -0.830. The molecule has 3 N–H and O–H groups in total. The molecule has 0 saturated carbocycles. The zero-order chi connectivity index (χ0) is 12.4. The quantitative estimate of drug-likeness (QED) is 0.896. The van der Waals surface area contributed by atoms with E-state index < -0.39 is 6.10 Å². The lowest BCUT2D eigenvalue weighted by Crippen LogP contribution is -2.15. The van der Waals surface area contributed by atoms with Gasteiger partial charge < -0.3 is 10.8 Å². The first-order valence-corrected chi connectivity index (χ1v) is 6.29. The summed E-state index contributed by atoms with van der Waals surface area (Å²) in [7, 11) is 0. The maximum atomic E-state index is 9.66. The van der Waals surface area contributed by atoms with E-state index in [4.69, 9.17) is 17.3 Å². The van der Waals surface area contributed by atoms with Gasteiger partial charge in [-0.25, -0.2) is 9.97 Å². The van der Waals surface area contributed by atoms with Crippen LogP contribution in [0.4, 0.5) is 0 Å². The van der Waals surface area contributed by atoms with Crippen LogP contribution in [0.15, 0.2) is 18.2 Å². The van der Waals surface area contributed by atoms with Gasteiger partial charge in [0.15, 0.2) is 5.82 Å². The summed E-state index contributed by atoms with van der Waals surface area (Å²) in [6, 6.07) is 5.57. The normalized spacial score (nSPS) is 12.7. The van der Waals surface area contributed by atoms with Crippen LogP contribution >= 0.6 is 22.9 Å². The average molecular weight is 270 g/mol. The van der Waals surface area contributed by atoms with E-state index in [1.54, 1.807) is 0 Å². The van der Waals surface area contributed by atoms with E-state index in [-0.39, 0.29) is 6.54 Å². The molecule has 1 atom stereocenters. The molecule has 2 rings (SSSR count). The SMILES string of the molecule is Cc1cc(-c2ccc(Cl)s2)nc(C(O)CN)n1. The van der Waals surface area contributed by atoms with Gasteiger partial charge in [0, 0.05) is 12.2 Å². The summed E-state index contributed by atoms with van der Waals surface area (Å²) in [5.41, 5.74) is 6.95. The van der Waals surface area contributed by atoms with Gasteiger partial charge in [0.1, 0.15) is 6.10 Å². The summed E-state index contributed by atoms with van der Waals surface area (Å²) in [6.45, 7) is 1.96. The number of aliphatic hydroxyl groups is 1. The Kier molecular flexibility index (Phi) is 3.73. The Labute approximate surface area is 108 Å². The first-order valence-electron chi connectivity index (χ1n) is 5.09. The maximum absolute atomic E-state index is 9.66. The Bertz CT molecular complexity index is 529. The number of rotatable bonds is 3. The van der Waals surface area contributed by atoms with Crippen molar-refractivity contribution in [3.8, 4) is 10.6 Å². The zero-order valence-corrected chi connectivity index (χ0v) is 10.8. The molecule has 17 heavy (non-hydrogen) atoms. The van der Waals surface area contributed by atoms with Crippen LogP contribution in [-0.2, 0) is 0 Å². The lowest BCUT2D eigenvalue weighted by atomic mass is 10.2. The van der Waals surface area contributed by atoms with Crippen LogP contribution in [0.3, 0.4) is 0 Å². The minimum Gasteiger partial charge on any atom is -0.384 e. The number of halogens is 1. The van der Waals surface area contributed by atoms with Crippen LogP contribution in [-0.4, -0.2) is 21.6 Å². The monoisotopic (exact) mass is 269 g/mol. The van der Waals surface area contributed by atoms with Crippen LogP contribution in [0.5, 0.6) is 0 Å². The highest BCUT2D eigenvalue weighted by atomic mass is 35.5. The van der Waals surface area contributed by atoms with Gasteiger partial charge in [-0.05, 0) is 25.1 Å². The number of hydrogen-bond donors (Lipinski definition) is 2. The molecule has 1 unspecified atom stereocenters. The highest BCUT2D eigenvalue weighted by Gasteiger charge is 2.12. The van der Waals surface area contributed by atoms with E-state index in [1.807, 2.05) is 25.1 Å². The van der Waals surface area contributed by atoms with E-state index >= 15 is 0 Å². The van der Waals surface area contributed by atoms with Crippen molar-refractivity contribution in [3.05, 3.63) is 34.1 Å². The lowest BCUT2D eigenvalue weighted by Gasteiger charge is -2.08. The zero-order valence-electron chi connectivity index (χ0n) is 9.22. The Morgan fingerprint density at radius 1 is 1.47 bits per heavy atom. The average Bonchev–Trinajstić information content (AvgIpc) is 2.74. The molecule has 2 aromatic rings. The summed E-state index contributed by atoms with van der Waals surface area (Å²) >= 11 is 7.33. The van der Waals surface area contributed by atoms with E-state index in [9.17, 15) is 5.11 Å². The van der Waals surface area contributed by atoms with Crippen LogP contribution in [0.2, 0.25) is 4.34 Å². The van der Waals surface area contributed by atoms with E-state index in [1.165, 1.54) is 11.3 Å². The standard InChI is InChI=1S/C11H12ClN3OS/c1-6-4-7(9-2-3-10(12)17-9)15-11(14-6)8(16)5-13/h2-4,8,16H,5,13H2,1H3. The first-order chi connectivity index (χ1) is 8.10. The van der Waals surface area contributed by atoms with E-state index in [2.05, 4.69) is 9.97 Å². The van der Waals surface area contributed by atoms with Gasteiger partial charge in [-0.2, -0.15) is 0 Å². The Hall–Kier alpha value is -1.01. The van der Waals surface area contributed by atoms with Gasteiger partial charge in [-0.3, -0.25) is 0 Å². The predicted molar refractivity (Wildman–Crippen MR) is 69.1 cm³/mol. The van der Waals surface area contributed by atoms with Crippen LogP contribution in [0, 0.1) is 6.92 Å². The summed E-state index contributed by atoms with van der Waals surface area (Å²) < 4.78 is 0.706. The van der Waals surface area contributed by atoms with Gasteiger partial charge in [-0.15, -0.1) is 11.3 Å². The van der Waals surface area contributed by atoms with Crippen molar-refractivity contribution in [2.45, 2.75) is 13.0 Å². The summed E-state index contributed by atoms with van der Waals surface area (Å²) in [5.74, 6) is 0.354. The molecule has 0 aromatic carbocycles. The molecule has 2 aromatic heterocycles. The highest BCUT2D eigenvalue weighted by Crippen LogP contribution is 2.30. The second kappa shape index (κ2) is 5.10. The lowest BCUT2D eigenvalue weighted by molar-refractivity contribution is 0.176. The van der Waals surface area contributed by atoms with Crippen molar-refractivity contribution in [1.29, 1.82) is 0 Å². The molecule has 0 spiro atoms. The Morgan fingerprint density at radius 2 is 2.24 bits per heavy atom. The predicted octanol–water partition coefficient (Wildman–Crippen LogP) is 2.16. The molecule has 0 aliphatic carbocycles. The van der Waals surface area contributed by atoms with Crippen molar-refractivity contribution in [3.63, 3.8) is 0 Å². The summed E-state index contributed by atoms with van der Waals surface area (Å²) in [4.78, 5) is 9.42. The third kappa shape index (κ3) is 2.81. The second-order valence-corrected chi connectivity index (χ2v) is 5.32. The Morgan fingerprint density at radius 3 is 2.82 bits per heavy atom. The topological polar surface area (TPSA) is 72.0 Å². The maximum Gasteiger partial charge on any atom is 0.159 e. The van der Waals surface area contributed by atoms with Gasteiger partial charge in [0.25, 0.3) is 0 Å². The largest absolute Gasteiger partial charge is 0.384 e. The van der Waals surface area contributed by atoms with Crippen molar-refractivity contribution < 1.29 is 5.11 Å². The van der Waals surface area contributed by atoms with Crippen molar-refractivity contribution in [1.82, 2.24) is 9.97 Å². The van der Waals surface area contributed by atoms with Crippen molar-refractivity contribution in [2.24, 2.45) is 5.73 Å². The third-order valence-electron chi connectivity index (χ3n) is 2.22. The molecule has 0 fully saturated rings. The fourth-order valence-corrected chi connectivity index (χ4v) is 2.43. The van der Waals surface area contributed by atoms with Crippen LogP contribution < -0.4 is 5.73 Å². The van der Waals surface area contributed by atoms with Crippen LogP contribution in [0.1, 0.15) is 17.6 Å². The molecule has 0 bridgehead atoms. The van der Waals surface area contributed by atoms with Crippen molar-refractivity contribution in [2.75, 3.05) is 6.54 Å². The summed E-state index contributed by atoms with van der Waals surface area (Å²) in [5, 5.41) is 9.66. The fraction of sp³-hybridized carbons (Fsp3) is 0.273. The molecule has 0 aliphatic rings. The number of thiophene rings is 1. The van der Waals surface area contributed by atoms with Gasteiger partial charge in [-0.1, -0.05) is 11.6 Å². The summed E-state index contributed by atoms with van der Waals surface area (Å²) in [6.07, 6.45) is -0.830. The third-order valence-corrected chi connectivity index (χ3v) is 3.47. The number of aryl methyl sites for hydroxylation is 1. The molecule has 0 radical (unpaired) electrons. The molecule has 90 valence electrons. The number of nitrogens with zero attached hydrogens (tertiary/aromatic N) is 2. The van der Waals surface area contributed by atoms with Gasteiger partial charge in [0.05, 0.1) is 14.9 Å². The molecule has 0 amide bonds. The first kappa shape index (κ1) is 12.4. The fourth-order valence-electron chi connectivity index (χ4n) is 1.42. The highest BCUT2D eigenvalue weighted by molar-refractivity contribution is 7.19. The van der Waals surface area contributed by atoms with Gasteiger partial charge >= 0.3 is 0 Å². The molecular weight excluding hydrogens is 258 g/mol.